The average Bonchev–Trinajstić information content (AvgIpc) is 2.66. The lowest BCUT2D eigenvalue weighted by Gasteiger charge is -2.26. The van der Waals surface area contributed by atoms with E-state index in [9.17, 15) is 9.59 Å². The number of amides is 1. The van der Waals surface area contributed by atoms with E-state index < -0.39 is 5.25 Å². The highest BCUT2D eigenvalue weighted by Gasteiger charge is 2.23. The van der Waals surface area contributed by atoms with E-state index in [1.807, 2.05) is 42.5 Å². The van der Waals surface area contributed by atoms with Crippen LogP contribution in [0, 0.1) is 0 Å². The van der Waals surface area contributed by atoms with Crippen molar-refractivity contribution in [2.24, 2.45) is 0 Å². The van der Waals surface area contributed by atoms with Gasteiger partial charge in [0.1, 0.15) is 5.25 Å². The van der Waals surface area contributed by atoms with Gasteiger partial charge in [-0.25, -0.2) is 0 Å². The van der Waals surface area contributed by atoms with Crippen LogP contribution in [0.25, 0.3) is 0 Å². The van der Waals surface area contributed by atoms with Gasteiger partial charge in [-0.05, 0) is 36.8 Å². The van der Waals surface area contributed by atoms with E-state index in [2.05, 4.69) is 19.2 Å². The number of carbonyl (C=O) groups is 2. The summed E-state index contributed by atoms with van der Waals surface area (Å²) in [5.74, 6) is -0.498. The SMILES string of the molecule is COC(=O)C(C)Sc1ccccc1C(=O)NCC(C)(C)c1cccc(Cl)c1. The fourth-order valence-electron chi connectivity index (χ4n) is 2.57. The summed E-state index contributed by atoms with van der Waals surface area (Å²) in [7, 11) is 1.36. The molecule has 0 spiro atoms. The van der Waals surface area contributed by atoms with Crippen LogP contribution >= 0.6 is 23.4 Å². The molecule has 1 atom stereocenters. The number of hydrogen-bond acceptors (Lipinski definition) is 4. The summed E-state index contributed by atoms with van der Waals surface area (Å²) in [5.41, 5.74) is 1.32. The van der Waals surface area contributed by atoms with Crippen LogP contribution in [0.4, 0.5) is 0 Å². The maximum absolute atomic E-state index is 12.8. The molecule has 0 aliphatic heterocycles. The van der Waals surface area contributed by atoms with Crippen LogP contribution < -0.4 is 5.32 Å². The van der Waals surface area contributed by atoms with Crippen LogP contribution in [0.3, 0.4) is 0 Å². The van der Waals surface area contributed by atoms with Crippen molar-refractivity contribution >= 4 is 35.2 Å². The number of halogens is 1. The third-order valence-electron chi connectivity index (χ3n) is 4.27. The van der Waals surface area contributed by atoms with E-state index in [0.29, 0.717) is 17.1 Å². The van der Waals surface area contributed by atoms with Crippen molar-refractivity contribution in [3.8, 4) is 0 Å². The van der Waals surface area contributed by atoms with Gasteiger partial charge >= 0.3 is 5.97 Å². The van der Waals surface area contributed by atoms with Crippen LogP contribution in [0.2, 0.25) is 5.02 Å². The Labute approximate surface area is 169 Å². The summed E-state index contributed by atoms with van der Waals surface area (Å²) in [6.45, 7) is 6.32. The summed E-state index contributed by atoms with van der Waals surface area (Å²) in [4.78, 5) is 25.2. The summed E-state index contributed by atoms with van der Waals surface area (Å²) in [5, 5.41) is 3.28. The van der Waals surface area contributed by atoms with E-state index >= 15 is 0 Å². The number of ether oxygens (including phenoxy) is 1. The fraction of sp³-hybridized carbons (Fsp3) is 0.333. The zero-order chi connectivity index (χ0) is 20.0. The Balaban J connectivity index is 2.11. The van der Waals surface area contributed by atoms with Gasteiger partial charge < -0.3 is 10.1 Å². The average molecular weight is 406 g/mol. The first-order chi connectivity index (χ1) is 12.7. The third-order valence-corrected chi connectivity index (χ3v) is 5.66. The Bertz CT molecular complexity index is 823. The number of methoxy groups -OCH3 is 1. The van der Waals surface area contributed by atoms with Crippen molar-refractivity contribution in [3.63, 3.8) is 0 Å². The maximum Gasteiger partial charge on any atom is 0.318 e. The predicted octanol–water partition coefficient (Wildman–Crippen LogP) is 4.70. The summed E-state index contributed by atoms with van der Waals surface area (Å²) in [6, 6.07) is 14.9. The number of nitrogens with one attached hydrogen (secondary N) is 1. The van der Waals surface area contributed by atoms with Crippen LogP contribution in [0.5, 0.6) is 0 Å². The molecule has 0 aromatic heterocycles. The molecule has 0 saturated heterocycles. The zero-order valence-electron chi connectivity index (χ0n) is 15.9. The first-order valence-electron chi connectivity index (χ1n) is 8.62. The molecule has 0 heterocycles. The fourth-order valence-corrected chi connectivity index (χ4v) is 3.78. The number of benzene rings is 2. The molecule has 0 bridgehead atoms. The first-order valence-corrected chi connectivity index (χ1v) is 9.88. The molecule has 1 N–H and O–H groups in total. The van der Waals surface area contributed by atoms with Crippen LogP contribution in [-0.2, 0) is 14.9 Å². The minimum Gasteiger partial charge on any atom is -0.468 e. The van der Waals surface area contributed by atoms with Crippen molar-refractivity contribution in [3.05, 3.63) is 64.7 Å². The summed E-state index contributed by atoms with van der Waals surface area (Å²) < 4.78 is 4.76. The molecular formula is C21H24ClNO3S. The van der Waals surface area contributed by atoms with Crippen molar-refractivity contribution in [2.75, 3.05) is 13.7 Å². The van der Waals surface area contributed by atoms with Gasteiger partial charge in [0.05, 0.1) is 12.7 Å². The van der Waals surface area contributed by atoms with Crippen LogP contribution in [0.15, 0.2) is 53.4 Å². The van der Waals surface area contributed by atoms with Gasteiger partial charge in [0.15, 0.2) is 0 Å². The molecule has 0 aliphatic carbocycles. The van der Waals surface area contributed by atoms with Crippen molar-refractivity contribution in [2.45, 2.75) is 36.3 Å². The minimum absolute atomic E-state index is 0.176. The molecule has 1 amide bonds. The number of esters is 1. The third kappa shape index (κ3) is 5.75. The second-order valence-corrected chi connectivity index (χ2v) is 8.68. The lowest BCUT2D eigenvalue weighted by atomic mass is 9.84. The Hall–Kier alpha value is -1.98. The monoisotopic (exact) mass is 405 g/mol. The lowest BCUT2D eigenvalue weighted by Crippen LogP contribution is -2.37. The highest BCUT2D eigenvalue weighted by molar-refractivity contribution is 8.00. The number of rotatable bonds is 7. The Morgan fingerprint density at radius 1 is 1.19 bits per heavy atom. The topological polar surface area (TPSA) is 55.4 Å². The molecule has 6 heteroatoms. The molecule has 2 aromatic rings. The van der Waals surface area contributed by atoms with Gasteiger partial charge in [-0.2, -0.15) is 0 Å². The zero-order valence-corrected chi connectivity index (χ0v) is 17.5. The molecule has 0 fully saturated rings. The predicted molar refractivity (Wildman–Crippen MR) is 111 cm³/mol. The van der Waals surface area contributed by atoms with Crippen LogP contribution in [-0.4, -0.2) is 30.8 Å². The van der Waals surface area contributed by atoms with Crippen molar-refractivity contribution in [1.29, 1.82) is 0 Å². The van der Waals surface area contributed by atoms with Crippen molar-refractivity contribution in [1.82, 2.24) is 5.32 Å². The first kappa shape index (κ1) is 21.3. The van der Waals surface area contributed by atoms with Gasteiger partial charge in [-0.3, -0.25) is 9.59 Å². The number of carbonyl (C=O) groups excluding carboxylic acids is 2. The highest BCUT2D eigenvalue weighted by atomic mass is 35.5. The van der Waals surface area contributed by atoms with Gasteiger partial charge in [-0.1, -0.05) is 49.7 Å². The second-order valence-electron chi connectivity index (χ2n) is 6.86. The molecule has 0 aliphatic rings. The normalized spacial score (nSPS) is 12.3. The molecule has 0 saturated carbocycles. The smallest absolute Gasteiger partial charge is 0.318 e. The summed E-state index contributed by atoms with van der Waals surface area (Å²) >= 11 is 7.40. The van der Waals surface area contributed by atoms with E-state index in [4.69, 9.17) is 16.3 Å². The Kier molecular flexibility index (Phi) is 7.33. The van der Waals surface area contributed by atoms with Crippen molar-refractivity contribution < 1.29 is 14.3 Å². The molecule has 0 radical (unpaired) electrons. The second kappa shape index (κ2) is 9.29. The molecule has 2 rings (SSSR count). The maximum atomic E-state index is 12.8. The highest BCUT2D eigenvalue weighted by Crippen LogP contribution is 2.28. The minimum atomic E-state index is -0.396. The van der Waals surface area contributed by atoms with Crippen LogP contribution in [0.1, 0.15) is 36.7 Å². The number of hydrogen-bond donors (Lipinski definition) is 1. The van der Waals surface area contributed by atoms with E-state index in [1.54, 1.807) is 13.0 Å². The molecule has 4 nitrogen and oxygen atoms in total. The molecule has 144 valence electrons. The molecule has 1 unspecified atom stereocenters. The van der Waals surface area contributed by atoms with Gasteiger partial charge in [0, 0.05) is 21.9 Å². The Morgan fingerprint density at radius 2 is 1.89 bits per heavy atom. The van der Waals surface area contributed by atoms with E-state index in [1.165, 1.54) is 18.9 Å². The standard InChI is InChI=1S/C21H24ClNO3S/c1-14(20(25)26-4)27-18-11-6-5-10-17(18)19(24)23-13-21(2,3)15-8-7-9-16(22)12-15/h5-12,14H,13H2,1-4H3,(H,23,24). The van der Waals surface area contributed by atoms with Gasteiger partial charge in [-0.15, -0.1) is 11.8 Å². The Morgan fingerprint density at radius 3 is 2.56 bits per heavy atom. The number of thioether (sulfide) groups is 1. The molecular weight excluding hydrogens is 382 g/mol. The quantitative estimate of drug-likeness (QED) is 0.535. The largest absolute Gasteiger partial charge is 0.468 e. The van der Waals surface area contributed by atoms with Gasteiger partial charge in [0.2, 0.25) is 0 Å². The van der Waals surface area contributed by atoms with E-state index in [0.717, 1.165) is 10.5 Å². The lowest BCUT2D eigenvalue weighted by molar-refractivity contribution is -0.139. The summed E-state index contributed by atoms with van der Waals surface area (Å²) in [6.07, 6.45) is 0. The molecule has 27 heavy (non-hydrogen) atoms. The van der Waals surface area contributed by atoms with E-state index in [-0.39, 0.29) is 17.3 Å². The molecule has 2 aromatic carbocycles. The van der Waals surface area contributed by atoms with Gasteiger partial charge in [0.25, 0.3) is 5.91 Å².